The van der Waals surface area contributed by atoms with Gasteiger partial charge in [-0.2, -0.15) is 0 Å². The standard InChI is InChI=1S/C28H31N3O3/c1-2-34-22-9-7-19(8-10-22)26-13-24(23-5-3-4-6-25(23)30-26)27(32)29-20-14-28(15-20)11-12-31(18-28)21-16-33-17-21/h3-10,13,20-21H,2,11-12,14-18H2,1H3,(H,29,32). The van der Waals surface area contributed by atoms with Crippen LogP contribution in [0.15, 0.2) is 54.6 Å². The molecule has 6 nitrogen and oxygen atoms in total. The second-order valence-electron chi connectivity index (χ2n) is 10.0. The molecule has 6 heteroatoms. The van der Waals surface area contributed by atoms with Gasteiger partial charge in [-0.05, 0) is 74.5 Å². The molecule has 1 saturated carbocycles. The molecular formula is C28H31N3O3. The number of ether oxygens (including phenoxy) is 2. The van der Waals surface area contributed by atoms with Gasteiger partial charge in [0.05, 0.1) is 42.6 Å². The fraction of sp³-hybridized carbons (Fsp3) is 0.429. The lowest BCUT2D eigenvalue weighted by atomic mass is 9.65. The Balaban J connectivity index is 1.19. The zero-order valence-electron chi connectivity index (χ0n) is 19.6. The van der Waals surface area contributed by atoms with Crippen LogP contribution in [0.25, 0.3) is 22.2 Å². The first-order valence-electron chi connectivity index (χ1n) is 12.4. The number of fused-ring (bicyclic) bond motifs is 1. The van der Waals surface area contributed by atoms with E-state index in [0.29, 0.717) is 23.6 Å². The number of hydrogen-bond acceptors (Lipinski definition) is 5. The summed E-state index contributed by atoms with van der Waals surface area (Å²) >= 11 is 0. The van der Waals surface area contributed by atoms with Crippen LogP contribution in [0, 0.1) is 5.41 Å². The van der Waals surface area contributed by atoms with E-state index in [4.69, 9.17) is 14.5 Å². The molecular weight excluding hydrogens is 426 g/mol. The summed E-state index contributed by atoms with van der Waals surface area (Å²) in [7, 11) is 0. The van der Waals surface area contributed by atoms with Gasteiger partial charge in [0, 0.05) is 23.5 Å². The fourth-order valence-corrected chi connectivity index (χ4v) is 5.80. The predicted molar refractivity (Wildman–Crippen MR) is 132 cm³/mol. The second kappa shape index (κ2) is 8.67. The van der Waals surface area contributed by atoms with Gasteiger partial charge in [-0.25, -0.2) is 4.98 Å². The number of hydrogen-bond donors (Lipinski definition) is 1. The van der Waals surface area contributed by atoms with Crippen molar-refractivity contribution in [2.24, 2.45) is 5.41 Å². The molecule has 1 spiro atoms. The average molecular weight is 458 g/mol. The third-order valence-electron chi connectivity index (χ3n) is 7.72. The lowest BCUT2D eigenvalue weighted by Gasteiger charge is -2.46. The zero-order valence-corrected chi connectivity index (χ0v) is 19.6. The summed E-state index contributed by atoms with van der Waals surface area (Å²) in [6.45, 7) is 6.67. The molecule has 176 valence electrons. The van der Waals surface area contributed by atoms with Crippen LogP contribution >= 0.6 is 0 Å². The normalized spacial score (nSPS) is 24.7. The number of pyridine rings is 1. The van der Waals surface area contributed by atoms with E-state index in [9.17, 15) is 4.79 Å². The van der Waals surface area contributed by atoms with Gasteiger partial charge in [-0.15, -0.1) is 0 Å². The predicted octanol–water partition coefficient (Wildman–Crippen LogP) is 4.28. The molecule has 3 aliphatic rings. The molecule has 3 heterocycles. The molecule has 1 aliphatic carbocycles. The maximum absolute atomic E-state index is 13.4. The minimum atomic E-state index is -0.00659. The van der Waals surface area contributed by atoms with Crippen molar-refractivity contribution in [1.82, 2.24) is 15.2 Å². The molecule has 0 unspecified atom stereocenters. The molecule has 0 atom stereocenters. The number of rotatable bonds is 6. The van der Waals surface area contributed by atoms with Crippen LogP contribution in [0.5, 0.6) is 5.75 Å². The van der Waals surface area contributed by atoms with Gasteiger partial charge < -0.3 is 14.8 Å². The van der Waals surface area contributed by atoms with E-state index in [1.165, 1.54) is 6.42 Å². The number of benzene rings is 2. The largest absolute Gasteiger partial charge is 0.494 e. The summed E-state index contributed by atoms with van der Waals surface area (Å²) in [5, 5.41) is 4.21. The molecule has 3 fully saturated rings. The quantitative estimate of drug-likeness (QED) is 0.599. The molecule has 2 aromatic carbocycles. The van der Waals surface area contributed by atoms with Crippen molar-refractivity contribution in [3.8, 4) is 17.0 Å². The monoisotopic (exact) mass is 457 g/mol. The number of aromatic nitrogens is 1. The van der Waals surface area contributed by atoms with Crippen LogP contribution in [0.3, 0.4) is 0 Å². The van der Waals surface area contributed by atoms with Gasteiger partial charge in [0.25, 0.3) is 5.91 Å². The summed E-state index contributed by atoms with van der Waals surface area (Å²) in [5.74, 6) is 0.826. The molecule has 1 N–H and O–H groups in total. The van der Waals surface area contributed by atoms with E-state index in [1.54, 1.807) is 0 Å². The third-order valence-corrected chi connectivity index (χ3v) is 7.72. The number of carbonyl (C=O) groups is 1. The minimum Gasteiger partial charge on any atom is -0.494 e. The summed E-state index contributed by atoms with van der Waals surface area (Å²) in [4.78, 5) is 20.9. The molecule has 1 aromatic heterocycles. The van der Waals surface area contributed by atoms with Gasteiger partial charge in [0.15, 0.2) is 0 Å². The smallest absolute Gasteiger partial charge is 0.252 e. The Morgan fingerprint density at radius 3 is 2.71 bits per heavy atom. The number of carbonyl (C=O) groups excluding carboxylic acids is 1. The Labute approximate surface area is 200 Å². The molecule has 0 bridgehead atoms. The van der Waals surface area contributed by atoms with E-state index in [2.05, 4.69) is 10.2 Å². The van der Waals surface area contributed by atoms with Gasteiger partial charge in [-0.3, -0.25) is 9.69 Å². The molecule has 2 aliphatic heterocycles. The number of nitrogens with one attached hydrogen (secondary N) is 1. The van der Waals surface area contributed by atoms with Crippen molar-refractivity contribution in [2.75, 3.05) is 32.9 Å². The summed E-state index contributed by atoms with van der Waals surface area (Å²) in [6, 6.07) is 18.6. The van der Waals surface area contributed by atoms with Crippen molar-refractivity contribution < 1.29 is 14.3 Å². The highest BCUT2D eigenvalue weighted by atomic mass is 16.5. The maximum Gasteiger partial charge on any atom is 0.252 e. The SMILES string of the molecule is CCOc1ccc(-c2cc(C(=O)NC3CC4(CCN(C5COC5)C4)C3)c3ccccc3n2)cc1. The van der Waals surface area contributed by atoms with Crippen molar-refractivity contribution in [1.29, 1.82) is 0 Å². The number of likely N-dealkylation sites (tertiary alicyclic amines) is 1. The number of amides is 1. The molecule has 1 amide bonds. The van der Waals surface area contributed by atoms with E-state index < -0.39 is 0 Å². The minimum absolute atomic E-state index is 0.00659. The highest BCUT2D eigenvalue weighted by Crippen LogP contribution is 2.49. The van der Waals surface area contributed by atoms with Crippen LogP contribution in [-0.2, 0) is 4.74 Å². The highest BCUT2D eigenvalue weighted by molar-refractivity contribution is 6.07. The first-order valence-corrected chi connectivity index (χ1v) is 12.4. The Hall–Kier alpha value is -2.96. The maximum atomic E-state index is 13.4. The molecule has 34 heavy (non-hydrogen) atoms. The van der Waals surface area contributed by atoms with Gasteiger partial charge in [0.2, 0.25) is 0 Å². The second-order valence-corrected chi connectivity index (χ2v) is 10.0. The first kappa shape index (κ1) is 21.6. The Morgan fingerprint density at radius 1 is 1.18 bits per heavy atom. The number of para-hydroxylation sites is 1. The average Bonchev–Trinajstić information content (AvgIpc) is 3.22. The van der Waals surface area contributed by atoms with Gasteiger partial charge >= 0.3 is 0 Å². The fourth-order valence-electron chi connectivity index (χ4n) is 5.80. The van der Waals surface area contributed by atoms with Crippen LogP contribution in [0.1, 0.15) is 36.5 Å². The summed E-state index contributed by atoms with van der Waals surface area (Å²) in [5.41, 5.74) is 3.66. The molecule has 6 rings (SSSR count). The lowest BCUT2D eigenvalue weighted by Crippen LogP contribution is -2.54. The molecule has 0 radical (unpaired) electrons. The van der Waals surface area contributed by atoms with Crippen LogP contribution in [-0.4, -0.2) is 60.8 Å². The van der Waals surface area contributed by atoms with Crippen LogP contribution in [0.2, 0.25) is 0 Å². The number of nitrogens with zero attached hydrogens (tertiary/aromatic N) is 2. The van der Waals surface area contributed by atoms with Crippen molar-refractivity contribution in [3.05, 3.63) is 60.2 Å². The zero-order chi connectivity index (χ0) is 23.1. The van der Waals surface area contributed by atoms with Crippen LogP contribution in [0.4, 0.5) is 0 Å². The van der Waals surface area contributed by atoms with Crippen molar-refractivity contribution in [2.45, 2.75) is 38.3 Å². The lowest BCUT2D eigenvalue weighted by molar-refractivity contribution is -0.0637. The Bertz CT molecular complexity index is 1200. The van der Waals surface area contributed by atoms with Crippen LogP contribution < -0.4 is 10.1 Å². The summed E-state index contributed by atoms with van der Waals surface area (Å²) in [6.07, 6.45) is 3.37. The summed E-state index contributed by atoms with van der Waals surface area (Å²) < 4.78 is 10.9. The van der Waals surface area contributed by atoms with E-state index in [1.807, 2.05) is 61.5 Å². The van der Waals surface area contributed by atoms with E-state index in [0.717, 1.165) is 67.1 Å². The van der Waals surface area contributed by atoms with Gasteiger partial charge in [0.1, 0.15) is 5.75 Å². The molecule has 2 saturated heterocycles. The van der Waals surface area contributed by atoms with Crippen molar-refractivity contribution in [3.63, 3.8) is 0 Å². The third kappa shape index (κ3) is 3.95. The van der Waals surface area contributed by atoms with Gasteiger partial charge in [-0.1, -0.05) is 18.2 Å². The molecule has 3 aromatic rings. The first-order chi connectivity index (χ1) is 16.6. The van der Waals surface area contributed by atoms with E-state index in [-0.39, 0.29) is 11.9 Å². The Morgan fingerprint density at radius 2 is 1.97 bits per heavy atom. The highest BCUT2D eigenvalue weighted by Gasteiger charge is 2.50. The van der Waals surface area contributed by atoms with Crippen molar-refractivity contribution >= 4 is 16.8 Å². The topological polar surface area (TPSA) is 63.7 Å². The van der Waals surface area contributed by atoms with E-state index >= 15 is 0 Å². The Kier molecular flexibility index (Phi) is 5.50.